The third-order valence-electron chi connectivity index (χ3n) is 3.05. The van der Waals surface area contributed by atoms with Gasteiger partial charge in [-0.3, -0.25) is 0 Å². The van der Waals surface area contributed by atoms with Gasteiger partial charge in [-0.1, -0.05) is 20.8 Å². The minimum absolute atomic E-state index is 0.0125. The summed E-state index contributed by atoms with van der Waals surface area (Å²) in [6, 6.07) is 1.98. The van der Waals surface area contributed by atoms with Crippen LogP contribution in [0.25, 0.3) is 0 Å². The van der Waals surface area contributed by atoms with Crippen molar-refractivity contribution >= 4 is 9.84 Å². The van der Waals surface area contributed by atoms with Crippen LogP contribution in [0.4, 0.5) is 0 Å². The van der Waals surface area contributed by atoms with E-state index in [0.29, 0.717) is 18.9 Å². The van der Waals surface area contributed by atoms with Crippen LogP contribution in [0.2, 0.25) is 0 Å². The van der Waals surface area contributed by atoms with E-state index in [1.807, 2.05) is 30.0 Å². The third-order valence-corrected chi connectivity index (χ3v) is 4.89. The van der Waals surface area contributed by atoms with Crippen LogP contribution in [0.3, 0.4) is 0 Å². The van der Waals surface area contributed by atoms with E-state index in [9.17, 15) is 8.42 Å². The number of hydrogen-bond acceptors (Lipinski definition) is 3. The standard InChI is InChI=1S/C13H24N2O2S/c1-4-8-18(16,17)9-7-15-6-5-12(10-15)13(14)11(2)3/h5-6,10-11,13H,4,7-9,14H2,1-3H3. The van der Waals surface area contributed by atoms with Crippen LogP contribution in [-0.4, -0.2) is 24.5 Å². The average Bonchev–Trinajstić information content (AvgIpc) is 2.74. The van der Waals surface area contributed by atoms with E-state index < -0.39 is 9.84 Å². The van der Waals surface area contributed by atoms with Gasteiger partial charge < -0.3 is 10.3 Å². The van der Waals surface area contributed by atoms with Gasteiger partial charge in [0.1, 0.15) is 0 Å². The highest BCUT2D eigenvalue weighted by Crippen LogP contribution is 2.18. The van der Waals surface area contributed by atoms with E-state index >= 15 is 0 Å². The largest absolute Gasteiger partial charge is 0.353 e. The molecule has 1 aromatic rings. The minimum atomic E-state index is -2.91. The van der Waals surface area contributed by atoms with Crippen molar-refractivity contribution in [3.63, 3.8) is 0 Å². The lowest BCUT2D eigenvalue weighted by Crippen LogP contribution is -2.17. The van der Waals surface area contributed by atoms with Gasteiger partial charge in [0.15, 0.2) is 9.84 Å². The Morgan fingerprint density at radius 2 is 2.00 bits per heavy atom. The van der Waals surface area contributed by atoms with Crippen molar-refractivity contribution in [2.45, 2.75) is 39.8 Å². The molecule has 0 radical (unpaired) electrons. The molecule has 1 unspecified atom stereocenters. The molecule has 0 spiro atoms. The first-order valence-corrected chi connectivity index (χ1v) is 8.29. The van der Waals surface area contributed by atoms with Gasteiger partial charge in [-0.15, -0.1) is 0 Å². The quantitative estimate of drug-likeness (QED) is 0.825. The zero-order chi connectivity index (χ0) is 13.8. The summed E-state index contributed by atoms with van der Waals surface area (Å²) < 4.78 is 25.1. The molecule has 18 heavy (non-hydrogen) atoms. The van der Waals surface area contributed by atoms with Gasteiger partial charge in [0.25, 0.3) is 0 Å². The van der Waals surface area contributed by atoms with Crippen molar-refractivity contribution in [3.8, 4) is 0 Å². The molecule has 2 N–H and O–H groups in total. The summed E-state index contributed by atoms with van der Waals surface area (Å²) in [4.78, 5) is 0. The molecule has 0 aliphatic rings. The van der Waals surface area contributed by atoms with Crippen LogP contribution >= 0.6 is 0 Å². The molecule has 5 heteroatoms. The lowest BCUT2D eigenvalue weighted by Gasteiger charge is -2.13. The molecule has 0 aliphatic carbocycles. The van der Waals surface area contributed by atoms with E-state index in [1.165, 1.54) is 0 Å². The first-order chi connectivity index (χ1) is 8.35. The van der Waals surface area contributed by atoms with Gasteiger partial charge in [-0.05, 0) is 24.0 Å². The Bertz CT molecular complexity index is 463. The summed E-state index contributed by atoms with van der Waals surface area (Å²) in [5.41, 5.74) is 7.12. The van der Waals surface area contributed by atoms with E-state index in [4.69, 9.17) is 5.73 Å². The molecule has 0 bridgehead atoms. The molecule has 0 aromatic carbocycles. The van der Waals surface area contributed by atoms with Gasteiger partial charge in [0.05, 0.1) is 5.75 Å². The molecule has 0 saturated carbocycles. The lowest BCUT2D eigenvalue weighted by molar-refractivity contribution is 0.513. The lowest BCUT2D eigenvalue weighted by atomic mass is 10.00. The first kappa shape index (κ1) is 15.2. The van der Waals surface area contributed by atoms with Gasteiger partial charge in [-0.25, -0.2) is 8.42 Å². The Morgan fingerprint density at radius 1 is 1.33 bits per heavy atom. The van der Waals surface area contributed by atoms with E-state index in [-0.39, 0.29) is 17.5 Å². The maximum absolute atomic E-state index is 11.6. The molecule has 1 heterocycles. The molecule has 4 nitrogen and oxygen atoms in total. The molecule has 1 aromatic heterocycles. The summed E-state index contributed by atoms with van der Waals surface area (Å²) >= 11 is 0. The smallest absolute Gasteiger partial charge is 0.152 e. The van der Waals surface area contributed by atoms with Crippen LogP contribution in [0.1, 0.15) is 38.8 Å². The Hall–Kier alpha value is -0.810. The molecular formula is C13H24N2O2S. The van der Waals surface area contributed by atoms with Gasteiger partial charge >= 0.3 is 0 Å². The molecule has 1 atom stereocenters. The van der Waals surface area contributed by atoms with E-state index in [2.05, 4.69) is 13.8 Å². The maximum Gasteiger partial charge on any atom is 0.152 e. The number of nitrogens with zero attached hydrogens (tertiary/aromatic N) is 1. The highest BCUT2D eigenvalue weighted by molar-refractivity contribution is 7.91. The third kappa shape index (κ3) is 4.46. The molecular weight excluding hydrogens is 248 g/mol. The van der Waals surface area contributed by atoms with Gasteiger partial charge in [0, 0.05) is 30.7 Å². The fourth-order valence-electron chi connectivity index (χ4n) is 1.84. The Kier molecular flexibility index (Phi) is 5.41. The predicted octanol–water partition coefficient (Wildman–Crippen LogP) is 1.97. The maximum atomic E-state index is 11.6. The predicted molar refractivity (Wildman–Crippen MR) is 75.1 cm³/mol. The Labute approximate surface area is 110 Å². The van der Waals surface area contributed by atoms with Crippen LogP contribution in [-0.2, 0) is 16.4 Å². The molecule has 0 aliphatic heterocycles. The number of aryl methyl sites for hydroxylation is 1. The highest BCUT2D eigenvalue weighted by atomic mass is 32.2. The Balaban J connectivity index is 2.60. The average molecular weight is 272 g/mol. The molecule has 0 amide bonds. The van der Waals surface area contributed by atoms with Crippen molar-refractivity contribution in [1.29, 1.82) is 0 Å². The number of hydrogen-bond donors (Lipinski definition) is 1. The summed E-state index contributed by atoms with van der Waals surface area (Å²) in [6.07, 6.45) is 4.53. The number of rotatable bonds is 7. The molecule has 1 rings (SSSR count). The van der Waals surface area contributed by atoms with Gasteiger partial charge in [0.2, 0.25) is 0 Å². The highest BCUT2D eigenvalue weighted by Gasteiger charge is 2.13. The van der Waals surface area contributed by atoms with Crippen molar-refractivity contribution in [2.75, 3.05) is 11.5 Å². The topological polar surface area (TPSA) is 65.1 Å². The molecule has 0 fully saturated rings. The van der Waals surface area contributed by atoms with Crippen molar-refractivity contribution in [2.24, 2.45) is 11.7 Å². The summed E-state index contributed by atoms with van der Waals surface area (Å²) in [7, 11) is -2.91. The zero-order valence-corrected chi connectivity index (χ0v) is 12.3. The minimum Gasteiger partial charge on any atom is -0.353 e. The van der Waals surface area contributed by atoms with E-state index in [0.717, 1.165) is 5.56 Å². The number of aromatic nitrogens is 1. The van der Waals surface area contributed by atoms with Crippen LogP contribution in [0.5, 0.6) is 0 Å². The zero-order valence-electron chi connectivity index (χ0n) is 11.5. The molecule has 0 saturated heterocycles. The summed E-state index contributed by atoms with van der Waals surface area (Å²) in [6.45, 7) is 6.54. The van der Waals surface area contributed by atoms with Gasteiger partial charge in [-0.2, -0.15) is 0 Å². The first-order valence-electron chi connectivity index (χ1n) is 6.47. The van der Waals surface area contributed by atoms with Crippen molar-refractivity contribution < 1.29 is 8.42 Å². The molecule has 104 valence electrons. The normalized spacial score (nSPS) is 14.1. The second-order valence-corrected chi connectivity index (χ2v) is 7.41. The number of nitrogens with two attached hydrogens (primary N) is 1. The fraction of sp³-hybridized carbons (Fsp3) is 0.692. The fourth-order valence-corrected chi connectivity index (χ4v) is 3.15. The monoisotopic (exact) mass is 272 g/mol. The number of sulfone groups is 1. The van der Waals surface area contributed by atoms with Crippen molar-refractivity contribution in [1.82, 2.24) is 4.57 Å². The SMILES string of the molecule is CCCS(=O)(=O)CCn1ccc(C(N)C(C)C)c1. The van der Waals surface area contributed by atoms with Crippen LogP contribution in [0.15, 0.2) is 18.5 Å². The summed E-state index contributed by atoms with van der Waals surface area (Å²) in [5.74, 6) is 0.850. The van der Waals surface area contributed by atoms with Crippen molar-refractivity contribution in [3.05, 3.63) is 24.0 Å². The second kappa shape index (κ2) is 6.38. The van der Waals surface area contributed by atoms with Crippen LogP contribution < -0.4 is 5.73 Å². The summed E-state index contributed by atoms with van der Waals surface area (Å²) in [5, 5.41) is 0. The second-order valence-electron chi connectivity index (χ2n) is 5.10. The van der Waals surface area contributed by atoms with Crippen LogP contribution in [0, 0.1) is 5.92 Å². The van der Waals surface area contributed by atoms with E-state index in [1.54, 1.807) is 0 Å². The Morgan fingerprint density at radius 3 is 2.56 bits per heavy atom.